The van der Waals surface area contributed by atoms with E-state index in [1.165, 1.54) is 11.1 Å². The summed E-state index contributed by atoms with van der Waals surface area (Å²) in [4.78, 5) is 9.31. The van der Waals surface area contributed by atoms with Crippen LogP contribution < -0.4 is 11.1 Å². The van der Waals surface area contributed by atoms with Crippen LogP contribution in [-0.2, 0) is 13.0 Å². The molecule has 3 rings (SSSR count). The summed E-state index contributed by atoms with van der Waals surface area (Å²) in [6.45, 7) is 5.26. The van der Waals surface area contributed by atoms with Gasteiger partial charge in [0, 0.05) is 29.9 Å². The van der Waals surface area contributed by atoms with Gasteiger partial charge in [0.15, 0.2) is 5.84 Å². The fraction of sp³-hybridized carbons (Fsp3) is 0.200. The average Bonchev–Trinajstić information content (AvgIpc) is 3.04. The fourth-order valence-corrected chi connectivity index (χ4v) is 2.73. The van der Waals surface area contributed by atoms with Gasteiger partial charge in [-0.2, -0.15) is 0 Å². The Kier molecular flexibility index (Phi) is 4.87. The predicted octanol–water partition coefficient (Wildman–Crippen LogP) is 2.78. The Morgan fingerprint density at radius 2 is 1.96 bits per heavy atom. The minimum Gasteiger partial charge on any atom is -0.399 e. The van der Waals surface area contributed by atoms with Gasteiger partial charge in [-0.1, -0.05) is 49.0 Å². The first-order valence-corrected chi connectivity index (χ1v) is 8.04. The van der Waals surface area contributed by atoms with Gasteiger partial charge < -0.3 is 11.1 Å². The molecular formula is C20H22N4. The number of nitrogens with two attached hydrogens (primary N) is 1. The molecule has 2 aromatic carbocycles. The van der Waals surface area contributed by atoms with E-state index in [9.17, 15) is 0 Å². The number of nitrogens with one attached hydrogen (secondary N) is 1. The Balaban J connectivity index is 1.70. The summed E-state index contributed by atoms with van der Waals surface area (Å²) in [6, 6.07) is 16.5. The number of aliphatic imine (C=N–C) groups is 2. The highest BCUT2D eigenvalue weighted by molar-refractivity contribution is 6.12. The van der Waals surface area contributed by atoms with Gasteiger partial charge in [-0.3, -0.25) is 4.99 Å². The van der Waals surface area contributed by atoms with E-state index in [-0.39, 0.29) is 0 Å². The molecule has 0 aliphatic carbocycles. The molecule has 0 bridgehead atoms. The Morgan fingerprint density at radius 1 is 1.17 bits per heavy atom. The van der Waals surface area contributed by atoms with Crippen LogP contribution in [0.5, 0.6) is 0 Å². The molecule has 4 heteroatoms. The Labute approximate surface area is 142 Å². The van der Waals surface area contributed by atoms with E-state index in [0.29, 0.717) is 12.2 Å². The molecule has 0 unspecified atom stereocenters. The second-order valence-corrected chi connectivity index (χ2v) is 5.95. The molecule has 0 fully saturated rings. The molecule has 1 heterocycles. The molecule has 24 heavy (non-hydrogen) atoms. The molecule has 1 aliphatic heterocycles. The molecular weight excluding hydrogens is 296 g/mol. The molecule has 0 radical (unpaired) electrons. The van der Waals surface area contributed by atoms with E-state index in [1.807, 2.05) is 19.2 Å². The lowest BCUT2D eigenvalue weighted by Gasteiger charge is -2.04. The lowest BCUT2D eigenvalue weighted by Crippen LogP contribution is -2.06. The predicted molar refractivity (Wildman–Crippen MR) is 101 cm³/mol. The van der Waals surface area contributed by atoms with Crippen LogP contribution in [0.1, 0.15) is 22.3 Å². The zero-order chi connectivity index (χ0) is 16.9. The number of nitrogens with zero attached hydrogens (tertiary/aromatic N) is 2. The standard InChI is InChI=1S/C20H22N4/c1-14(21)17-8-6-15(7-9-17)11-19-13-23-20(24-19)18-5-3-4-16(10-18)12-22-2/h3-10,22H,1,11-13,21H2,2H3. The lowest BCUT2D eigenvalue weighted by atomic mass is 10.1. The van der Waals surface area contributed by atoms with Crippen molar-refractivity contribution in [3.8, 4) is 0 Å². The Bertz CT molecular complexity index is 801. The summed E-state index contributed by atoms with van der Waals surface area (Å²) < 4.78 is 0. The highest BCUT2D eigenvalue weighted by Gasteiger charge is 2.13. The Morgan fingerprint density at radius 3 is 2.67 bits per heavy atom. The van der Waals surface area contributed by atoms with Crippen molar-refractivity contribution in [3.63, 3.8) is 0 Å². The first kappa shape index (κ1) is 16.1. The van der Waals surface area contributed by atoms with Crippen molar-refractivity contribution in [1.29, 1.82) is 0 Å². The lowest BCUT2D eigenvalue weighted by molar-refractivity contribution is 0.818. The molecule has 4 nitrogen and oxygen atoms in total. The highest BCUT2D eigenvalue weighted by atomic mass is 15.0. The summed E-state index contributed by atoms with van der Waals surface area (Å²) in [5, 5.41) is 3.16. The van der Waals surface area contributed by atoms with E-state index in [2.05, 4.69) is 53.3 Å². The van der Waals surface area contributed by atoms with E-state index >= 15 is 0 Å². The van der Waals surface area contributed by atoms with Gasteiger partial charge in [0.25, 0.3) is 0 Å². The maximum atomic E-state index is 5.70. The van der Waals surface area contributed by atoms with Crippen LogP contribution >= 0.6 is 0 Å². The van der Waals surface area contributed by atoms with E-state index in [1.54, 1.807) is 0 Å². The van der Waals surface area contributed by atoms with Gasteiger partial charge in [0.2, 0.25) is 0 Å². The zero-order valence-electron chi connectivity index (χ0n) is 13.9. The topological polar surface area (TPSA) is 62.8 Å². The van der Waals surface area contributed by atoms with Crippen LogP contribution in [0.2, 0.25) is 0 Å². The number of benzene rings is 2. The van der Waals surface area contributed by atoms with Gasteiger partial charge >= 0.3 is 0 Å². The number of hydrogen-bond acceptors (Lipinski definition) is 4. The highest BCUT2D eigenvalue weighted by Crippen LogP contribution is 2.14. The minimum absolute atomic E-state index is 0.590. The third-order valence-electron chi connectivity index (χ3n) is 3.97. The van der Waals surface area contributed by atoms with Crippen LogP contribution in [0.15, 0.2) is 65.1 Å². The summed E-state index contributed by atoms with van der Waals surface area (Å²) in [7, 11) is 1.95. The maximum Gasteiger partial charge on any atom is 0.154 e. The molecule has 0 saturated heterocycles. The van der Waals surface area contributed by atoms with Crippen molar-refractivity contribution in [2.24, 2.45) is 15.7 Å². The zero-order valence-corrected chi connectivity index (χ0v) is 13.9. The smallest absolute Gasteiger partial charge is 0.154 e. The van der Waals surface area contributed by atoms with Crippen molar-refractivity contribution in [2.75, 3.05) is 13.6 Å². The second-order valence-electron chi connectivity index (χ2n) is 5.95. The van der Waals surface area contributed by atoms with Crippen LogP contribution in [0, 0.1) is 0 Å². The Hall–Kier alpha value is -2.72. The molecule has 0 saturated carbocycles. The molecule has 0 atom stereocenters. The average molecular weight is 318 g/mol. The number of hydrogen-bond donors (Lipinski definition) is 2. The summed E-state index contributed by atoms with van der Waals surface area (Å²) >= 11 is 0. The van der Waals surface area contributed by atoms with Crippen LogP contribution in [0.25, 0.3) is 5.70 Å². The summed E-state index contributed by atoms with van der Waals surface area (Å²) in [5.41, 5.74) is 11.9. The molecule has 0 aromatic heterocycles. The van der Waals surface area contributed by atoms with Crippen molar-refractivity contribution < 1.29 is 0 Å². The third-order valence-corrected chi connectivity index (χ3v) is 3.97. The molecule has 1 aliphatic rings. The first-order valence-electron chi connectivity index (χ1n) is 8.04. The molecule has 0 amide bonds. The molecule has 3 N–H and O–H groups in total. The van der Waals surface area contributed by atoms with Crippen LogP contribution in [0.3, 0.4) is 0 Å². The van der Waals surface area contributed by atoms with Crippen molar-refractivity contribution >= 4 is 17.2 Å². The minimum atomic E-state index is 0.590. The van der Waals surface area contributed by atoms with Crippen molar-refractivity contribution in [2.45, 2.75) is 13.0 Å². The van der Waals surface area contributed by atoms with Crippen LogP contribution in [-0.4, -0.2) is 25.1 Å². The van der Waals surface area contributed by atoms with E-state index < -0.39 is 0 Å². The summed E-state index contributed by atoms with van der Waals surface area (Å²) in [6.07, 6.45) is 0.806. The van der Waals surface area contributed by atoms with Gasteiger partial charge in [-0.25, -0.2) is 4.99 Å². The normalized spacial score (nSPS) is 13.5. The first-order chi connectivity index (χ1) is 11.7. The maximum absolute atomic E-state index is 5.70. The number of rotatable bonds is 6. The van der Waals surface area contributed by atoms with Crippen LogP contribution in [0.4, 0.5) is 0 Å². The molecule has 2 aromatic rings. The largest absolute Gasteiger partial charge is 0.399 e. The third kappa shape index (κ3) is 3.78. The SMILES string of the molecule is C=C(N)c1ccc(CC2=NC(c3cccc(CNC)c3)=NC2)cc1. The van der Waals surface area contributed by atoms with E-state index in [0.717, 1.165) is 35.6 Å². The number of amidine groups is 1. The van der Waals surface area contributed by atoms with Gasteiger partial charge in [0.05, 0.1) is 6.54 Å². The fourth-order valence-electron chi connectivity index (χ4n) is 2.73. The van der Waals surface area contributed by atoms with Gasteiger partial charge in [-0.05, 0) is 29.8 Å². The van der Waals surface area contributed by atoms with Crippen molar-refractivity contribution in [1.82, 2.24) is 5.32 Å². The monoisotopic (exact) mass is 318 g/mol. The quantitative estimate of drug-likeness (QED) is 0.860. The van der Waals surface area contributed by atoms with Crippen molar-refractivity contribution in [3.05, 3.63) is 77.4 Å². The molecule has 122 valence electrons. The van der Waals surface area contributed by atoms with Gasteiger partial charge in [0.1, 0.15) is 0 Å². The second kappa shape index (κ2) is 7.23. The molecule has 0 spiro atoms. The summed E-state index contributed by atoms with van der Waals surface area (Å²) in [5.74, 6) is 0.829. The van der Waals surface area contributed by atoms with E-state index in [4.69, 9.17) is 10.7 Å². The van der Waals surface area contributed by atoms with Gasteiger partial charge in [-0.15, -0.1) is 0 Å².